The zero-order valence-electron chi connectivity index (χ0n) is 10.6. The van der Waals surface area contributed by atoms with E-state index in [0.717, 1.165) is 6.42 Å². The molecular formula is C14H21ClO2. The number of unbranched alkanes of at least 4 members (excludes halogenated alkanes) is 1. The summed E-state index contributed by atoms with van der Waals surface area (Å²) in [6, 6.07) is 5.00. The molecule has 0 fully saturated rings. The van der Waals surface area contributed by atoms with Gasteiger partial charge < -0.3 is 9.84 Å². The summed E-state index contributed by atoms with van der Waals surface area (Å²) >= 11 is 5.73. The van der Waals surface area contributed by atoms with Crippen molar-refractivity contribution in [3.8, 4) is 11.5 Å². The topological polar surface area (TPSA) is 29.5 Å². The molecule has 1 rings (SSSR count). The molecule has 0 saturated carbocycles. The van der Waals surface area contributed by atoms with Gasteiger partial charge in [0.25, 0.3) is 0 Å². The number of ether oxygens (including phenoxy) is 1. The first kappa shape index (κ1) is 14.2. The average molecular weight is 257 g/mol. The third-order valence-electron chi connectivity index (χ3n) is 2.95. The molecule has 0 heterocycles. The third kappa shape index (κ3) is 4.86. The van der Waals surface area contributed by atoms with Gasteiger partial charge in [-0.25, -0.2) is 0 Å². The maximum absolute atomic E-state index is 9.45. The highest BCUT2D eigenvalue weighted by atomic mass is 35.5. The van der Waals surface area contributed by atoms with Gasteiger partial charge in [-0.2, -0.15) is 0 Å². The Bertz CT molecular complexity index is 339. The van der Waals surface area contributed by atoms with Gasteiger partial charge in [0.05, 0.1) is 11.6 Å². The van der Waals surface area contributed by atoms with Crippen LogP contribution < -0.4 is 4.74 Å². The van der Waals surface area contributed by atoms with E-state index in [1.54, 1.807) is 18.2 Å². The molecule has 0 saturated heterocycles. The smallest absolute Gasteiger partial charge is 0.137 e. The van der Waals surface area contributed by atoms with Crippen LogP contribution in [0.15, 0.2) is 18.2 Å². The van der Waals surface area contributed by atoms with Gasteiger partial charge in [-0.3, -0.25) is 0 Å². The summed E-state index contributed by atoms with van der Waals surface area (Å²) < 4.78 is 5.67. The molecule has 0 spiro atoms. The molecule has 1 aromatic carbocycles. The van der Waals surface area contributed by atoms with Gasteiger partial charge in [0.2, 0.25) is 0 Å². The highest BCUT2D eigenvalue weighted by Crippen LogP contribution is 2.28. The van der Waals surface area contributed by atoms with Crippen LogP contribution in [-0.4, -0.2) is 11.7 Å². The molecule has 0 aliphatic rings. The Morgan fingerprint density at radius 3 is 2.71 bits per heavy atom. The number of halogens is 1. The predicted molar refractivity (Wildman–Crippen MR) is 71.9 cm³/mol. The Morgan fingerprint density at radius 1 is 1.35 bits per heavy atom. The number of rotatable bonds is 7. The highest BCUT2D eigenvalue weighted by molar-refractivity contribution is 6.32. The Labute approximate surface area is 109 Å². The molecule has 0 amide bonds. The summed E-state index contributed by atoms with van der Waals surface area (Å²) in [4.78, 5) is 0. The molecule has 0 bridgehead atoms. The van der Waals surface area contributed by atoms with Gasteiger partial charge in [0, 0.05) is 6.07 Å². The molecule has 2 nitrogen and oxygen atoms in total. The Balaban J connectivity index is 2.45. The second kappa shape index (κ2) is 7.44. The van der Waals surface area contributed by atoms with E-state index in [9.17, 15) is 5.11 Å². The second-order valence-corrected chi connectivity index (χ2v) is 4.75. The van der Waals surface area contributed by atoms with Crippen molar-refractivity contribution in [1.29, 1.82) is 0 Å². The van der Waals surface area contributed by atoms with Crippen molar-refractivity contribution in [3.05, 3.63) is 23.2 Å². The lowest BCUT2D eigenvalue weighted by atomic mass is 10.0. The number of benzene rings is 1. The maximum atomic E-state index is 9.45. The van der Waals surface area contributed by atoms with Crippen LogP contribution in [0.2, 0.25) is 5.02 Å². The summed E-state index contributed by atoms with van der Waals surface area (Å²) in [5.41, 5.74) is 0. The zero-order valence-corrected chi connectivity index (χ0v) is 11.3. The molecular weight excluding hydrogens is 236 g/mol. The number of phenolic OH excluding ortho intramolecular Hbond substituents is 1. The highest BCUT2D eigenvalue weighted by Gasteiger charge is 2.07. The lowest BCUT2D eigenvalue weighted by Gasteiger charge is -2.15. The summed E-state index contributed by atoms with van der Waals surface area (Å²) in [6.07, 6.45) is 4.79. The molecule has 0 radical (unpaired) electrons. The minimum atomic E-state index is 0.0748. The van der Waals surface area contributed by atoms with Crippen LogP contribution in [0.25, 0.3) is 0 Å². The van der Waals surface area contributed by atoms with Crippen LogP contribution in [0.5, 0.6) is 11.5 Å². The van der Waals surface area contributed by atoms with E-state index in [0.29, 0.717) is 23.3 Å². The van der Waals surface area contributed by atoms with Crippen molar-refractivity contribution in [2.24, 2.45) is 5.92 Å². The summed E-state index contributed by atoms with van der Waals surface area (Å²) in [6.45, 7) is 5.09. The predicted octanol–water partition coefficient (Wildman–Crippen LogP) is 4.64. The molecule has 1 aromatic rings. The molecule has 1 unspecified atom stereocenters. The van der Waals surface area contributed by atoms with Crippen LogP contribution >= 0.6 is 11.6 Å². The minimum absolute atomic E-state index is 0.0748. The van der Waals surface area contributed by atoms with Crippen molar-refractivity contribution >= 4 is 11.6 Å². The van der Waals surface area contributed by atoms with Crippen molar-refractivity contribution in [2.75, 3.05) is 6.61 Å². The van der Waals surface area contributed by atoms with Gasteiger partial charge in [-0.05, 0) is 24.5 Å². The van der Waals surface area contributed by atoms with Crippen LogP contribution in [0.3, 0.4) is 0 Å². The molecule has 17 heavy (non-hydrogen) atoms. The van der Waals surface area contributed by atoms with E-state index in [4.69, 9.17) is 16.3 Å². The maximum Gasteiger partial charge on any atom is 0.137 e. The quantitative estimate of drug-likeness (QED) is 0.770. The van der Waals surface area contributed by atoms with Gasteiger partial charge in [0.1, 0.15) is 11.5 Å². The Hall–Kier alpha value is -0.890. The number of aromatic hydroxyl groups is 1. The molecule has 3 heteroatoms. The van der Waals surface area contributed by atoms with E-state index in [2.05, 4.69) is 13.8 Å². The fourth-order valence-electron chi connectivity index (χ4n) is 1.69. The normalized spacial score (nSPS) is 12.4. The Kier molecular flexibility index (Phi) is 6.20. The lowest BCUT2D eigenvalue weighted by molar-refractivity contribution is 0.232. The van der Waals surface area contributed by atoms with E-state index >= 15 is 0 Å². The third-order valence-corrected chi connectivity index (χ3v) is 3.27. The number of phenols is 1. The lowest BCUT2D eigenvalue weighted by Crippen LogP contribution is -2.11. The summed E-state index contributed by atoms with van der Waals surface area (Å²) in [5, 5.41) is 9.81. The molecule has 0 aliphatic heterocycles. The molecule has 1 N–H and O–H groups in total. The first-order valence-corrected chi connectivity index (χ1v) is 6.66. The summed E-state index contributed by atoms with van der Waals surface area (Å²) in [5.74, 6) is 1.35. The number of hydrogen-bond acceptors (Lipinski definition) is 2. The largest absolute Gasteiger partial charge is 0.506 e. The van der Waals surface area contributed by atoms with E-state index in [1.165, 1.54) is 19.3 Å². The van der Waals surface area contributed by atoms with Crippen LogP contribution in [0.1, 0.15) is 39.5 Å². The number of hydrogen-bond donors (Lipinski definition) is 1. The Morgan fingerprint density at radius 2 is 2.12 bits per heavy atom. The molecule has 0 aromatic heterocycles. The van der Waals surface area contributed by atoms with Crippen LogP contribution in [0.4, 0.5) is 0 Å². The fourth-order valence-corrected chi connectivity index (χ4v) is 1.81. The summed E-state index contributed by atoms with van der Waals surface area (Å²) in [7, 11) is 0. The van der Waals surface area contributed by atoms with Gasteiger partial charge in [-0.15, -0.1) is 0 Å². The second-order valence-electron chi connectivity index (χ2n) is 4.34. The molecule has 0 aliphatic carbocycles. The SMILES string of the molecule is CCCCC(CC)COc1ccc(Cl)c(O)c1. The van der Waals surface area contributed by atoms with Gasteiger partial charge in [-0.1, -0.05) is 44.7 Å². The standard InChI is InChI=1S/C14H21ClO2/c1-3-5-6-11(4-2)10-17-12-7-8-13(15)14(16)9-12/h7-9,11,16H,3-6,10H2,1-2H3. The van der Waals surface area contributed by atoms with E-state index in [1.807, 2.05) is 0 Å². The average Bonchev–Trinajstić information content (AvgIpc) is 2.34. The van der Waals surface area contributed by atoms with Crippen LogP contribution in [0, 0.1) is 5.92 Å². The molecule has 96 valence electrons. The minimum Gasteiger partial charge on any atom is -0.506 e. The van der Waals surface area contributed by atoms with Crippen molar-refractivity contribution in [1.82, 2.24) is 0 Å². The monoisotopic (exact) mass is 256 g/mol. The molecule has 1 atom stereocenters. The first-order valence-electron chi connectivity index (χ1n) is 6.28. The van der Waals surface area contributed by atoms with E-state index in [-0.39, 0.29) is 5.75 Å². The zero-order chi connectivity index (χ0) is 12.7. The van der Waals surface area contributed by atoms with Crippen molar-refractivity contribution in [3.63, 3.8) is 0 Å². The van der Waals surface area contributed by atoms with Gasteiger partial charge in [0.15, 0.2) is 0 Å². The fraction of sp³-hybridized carbons (Fsp3) is 0.571. The van der Waals surface area contributed by atoms with Gasteiger partial charge >= 0.3 is 0 Å². The first-order chi connectivity index (χ1) is 8.17. The van der Waals surface area contributed by atoms with Crippen LogP contribution in [-0.2, 0) is 0 Å². The van der Waals surface area contributed by atoms with Crippen molar-refractivity contribution < 1.29 is 9.84 Å². The van der Waals surface area contributed by atoms with E-state index < -0.39 is 0 Å². The van der Waals surface area contributed by atoms with Crippen molar-refractivity contribution in [2.45, 2.75) is 39.5 Å².